The summed E-state index contributed by atoms with van der Waals surface area (Å²) in [5.74, 6) is -0.314. The topological polar surface area (TPSA) is 61.8 Å². The summed E-state index contributed by atoms with van der Waals surface area (Å²) in [4.78, 5) is 7.12. The highest BCUT2D eigenvalue weighted by atomic mass is 32.2. The molecule has 0 aliphatic heterocycles. The molecular formula is C17H22FN3O2S2. The maximum Gasteiger partial charge on any atom is 0.193 e. The lowest BCUT2D eigenvalue weighted by atomic mass is 10.3. The van der Waals surface area contributed by atoms with Gasteiger partial charge in [-0.05, 0) is 30.0 Å². The number of thiophene rings is 1. The fourth-order valence-electron chi connectivity index (χ4n) is 2.33. The van der Waals surface area contributed by atoms with Crippen LogP contribution >= 0.6 is 11.3 Å². The summed E-state index contributed by atoms with van der Waals surface area (Å²) in [5, 5.41) is 5.06. The molecule has 1 N–H and O–H groups in total. The molecule has 0 saturated heterocycles. The molecule has 0 aliphatic rings. The normalized spacial score (nSPS) is 12.2. The lowest BCUT2D eigenvalue weighted by molar-refractivity contribution is 0.488. The van der Waals surface area contributed by atoms with Gasteiger partial charge in [-0.25, -0.2) is 12.8 Å². The van der Waals surface area contributed by atoms with Crippen LogP contribution in [-0.2, 0) is 16.3 Å². The molecule has 0 unspecified atom stereocenters. The number of rotatable bonds is 7. The average Bonchev–Trinajstić information content (AvgIpc) is 3.10. The summed E-state index contributed by atoms with van der Waals surface area (Å²) < 4.78 is 38.2. The number of guanidine groups is 1. The number of nitrogens with zero attached hydrogens (tertiary/aromatic N) is 2. The van der Waals surface area contributed by atoms with E-state index in [1.165, 1.54) is 23.1 Å². The first kappa shape index (κ1) is 19.4. The Morgan fingerprint density at radius 1 is 1.28 bits per heavy atom. The minimum absolute atomic E-state index is 0.159. The summed E-state index contributed by atoms with van der Waals surface area (Å²) in [6, 6.07) is 9.51. The molecular weight excluding hydrogens is 361 g/mol. The van der Waals surface area contributed by atoms with Gasteiger partial charge in [-0.3, -0.25) is 4.99 Å². The van der Waals surface area contributed by atoms with E-state index in [0.717, 1.165) is 19.0 Å². The molecule has 1 heterocycles. The zero-order chi connectivity index (χ0) is 18.3. The Kier molecular flexibility index (Phi) is 6.95. The quantitative estimate of drug-likeness (QED) is 0.589. The maximum absolute atomic E-state index is 13.7. The third-order valence-corrected chi connectivity index (χ3v) is 6.35. The highest BCUT2D eigenvalue weighted by Crippen LogP contribution is 2.14. The van der Waals surface area contributed by atoms with Crippen molar-refractivity contribution in [3.8, 4) is 0 Å². The van der Waals surface area contributed by atoms with Crippen LogP contribution < -0.4 is 5.32 Å². The lowest BCUT2D eigenvalue weighted by Crippen LogP contribution is -2.41. The van der Waals surface area contributed by atoms with Crippen LogP contribution in [0.4, 0.5) is 4.39 Å². The molecule has 5 nitrogen and oxygen atoms in total. The van der Waals surface area contributed by atoms with Gasteiger partial charge >= 0.3 is 0 Å². The van der Waals surface area contributed by atoms with Crippen molar-refractivity contribution in [2.24, 2.45) is 4.99 Å². The number of hydrogen-bond donors (Lipinski definition) is 1. The van der Waals surface area contributed by atoms with Crippen LogP contribution in [0.1, 0.15) is 4.88 Å². The Balaban J connectivity index is 1.87. The Morgan fingerprint density at radius 2 is 2.04 bits per heavy atom. The summed E-state index contributed by atoms with van der Waals surface area (Å²) in [6.45, 7) is 0.924. The van der Waals surface area contributed by atoms with Crippen LogP contribution in [-0.4, -0.2) is 52.2 Å². The molecule has 0 saturated carbocycles. The van der Waals surface area contributed by atoms with E-state index in [0.29, 0.717) is 5.96 Å². The van der Waals surface area contributed by atoms with Crippen molar-refractivity contribution in [2.45, 2.75) is 11.3 Å². The first-order valence-corrected chi connectivity index (χ1v) is 10.4. The van der Waals surface area contributed by atoms with Gasteiger partial charge in [0.25, 0.3) is 0 Å². The summed E-state index contributed by atoms with van der Waals surface area (Å²) in [6.07, 6.45) is 0.891. The molecule has 1 aromatic carbocycles. The number of benzene rings is 1. The van der Waals surface area contributed by atoms with E-state index in [2.05, 4.69) is 16.4 Å². The number of sulfone groups is 1. The molecule has 0 fully saturated rings. The average molecular weight is 384 g/mol. The first-order valence-electron chi connectivity index (χ1n) is 7.85. The third kappa shape index (κ3) is 5.54. The summed E-state index contributed by atoms with van der Waals surface area (Å²) >= 11 is 1.70. The van der Waals surface area contributed by atoms with Crippen molar-refractivity contribution in [3.63, 3.8) is 0 Å². The Morgan fingerprint density at radius 3 is 2.68 bits per heavy atom. The second-order valence-electron chi connectivity index (χ2n) is 5.47. The third-order valence-electron chi connectivity index (χ3n) is 3.67. The zero-order valence-electron chi connectivity index (χ0n) is 14.3. The number of nitrogens with one attached hydrogen (secondary N) is 1. The fraction of sp³-hybridized carbons (Fsp3) is 0.353. The van der Waals surface area contributed by atoms with Crippen molar-refractivity contribution < 1.29 is 12.8 Å². The van der Waals surface area contributed by atoms with Gasteiger partial charge in [0.2, 0.25) is 0 Å². The molecule has 0 amide bonds. The SMILES string of the molecule is CN=C(NCCS(=O)(=O)c1ccccc1F)N(C)CCc1cccs1. The molecule has 8 heteroatoms. The van der Waals surface area contributed by atoms with Crippen LogP contribution in [0.2, 0.25) is 0 Å². The predicted octanol–water partition coefficient (Wildman–Crippen LogP) is 2.41. The molecule has 1 aromatic heterocycles. The van der Waals surface area contributed by atoms with Gasteiger partial charge in [-0.15, -0.1) is 11.3 Å². The van der Waals surface area contributed by atoms with E-state index in [-0.39, 0.29) is 17.2 Å². The highest BCUT2D eigenvalue weighted by Gasteiger charge is 2.18. The molecule has 25 heavy (non-hydrogen) atoms. The molecule has 136 valence electrons. The smallest absolute Gasteiger partial charge is 0.193 e. The van der Waals surface area contributed by atoms with Crippen LogP contribution in [0.3, 0.4) is 0 Å². The molecule has 0 spiro atoms. The summed E-state index contributed by atoms with van der Waals surface area (Å²) in [5.41, 5.74) is 0. The molecule has 0 atom stereocenters. The predicted molar refractivity (Wildman–Crippen MR) is 100 cm³/mol. The number of aliphatic imine (C=N–C) groups is 1. The van der Waals surface area contributed by atoms with Crippen LogP contribution in [0, 0.1) is 5.82 Å². The molecule has 0 bridgehead atoms. The lowest BCUT2D eigenvalue weighted by Gasteiger charge is -2.21. The van der Waals surface area contributed by atoms with Crippen LogP contribution in [0.25, 0.3) is 0 Å². The molecule has 0 radical (unpaired) electrons. The zero-order valence-corrected chi connectivity index (χ0v) is 15.9. The van der Waals surface area contributed by atoms with E-state index in [1.807, 2.05) is 23.4 Å². The van der Waals surface area contributed by atoms with Gasteiger partial charge in [0.05, 0.1) is 5.75 Å². The minimum Gasteiger partial charge on any atom is -0.355 e. The standard InChI is InChI=1S/C17H22FN3O2S2/c1-19-17(21(2)11-9-14-6-5-12-24-14)20-10-13-25(22,23)16-8-4-3-7-15(16)18/h3-8,12H,9-11,13H2,1-2H3,(H,19,20). The van der Waals surface area contributed by atoms with Crippen LogP contribution in [0.15, 0.2) is 51.7 Å². The van der Waals surface area contributed by atoms with Crippen molar-refractivity contribution >= 4 is 27.1 Å². The minimum atomic E-state index is -3.68. The second kappa shape index (κ2) is 8.96. The van der Waals surface area contributed by atoms with Crippen molar-refractivity contribution in [1.82, 2.24) is 10.2 Å². The van der Waals surface area contributed by atoms with Gasteiger partial charge in [0.15, 0.2) is 15.8 Å². The van der Waals surface area contributed by atoms with E-state index >= 15 is 0 Å². The van der Waals surface area contributed by atoms with Crippen molar-refractivity contribution in [3.05, 3.63) is 52.5 Å². The van der Waals surface area contributed by atoms with E-state index in [4.69, 9.17) is 0 Å². The van der Waals surface area contributed by atoms with Gasteiger partial charge in [0, 0.05) is 32.1 Å². The van der Waals surface area contributed by atoms with E-state index in [9.17, 15) is 12.8 Å². The van der Waals surface area contributed by atoms with Crippen molar-refractivity contribution in [2.75, 3.05) is 32.9 Å². The van der Waals surface area contributed by atoms with E-state index < -0.39 is 15.7 Å². The Labute approximate surface area is 152 Å². The van der Waals surface area contributed by atoms with Crippen LogP contribution in [0.5, 0.6) is 0 Å². The van der Waals surface area contributed by atoms with Gasteiger partial charge < -0.3 is 10.2 Å². The fourth-order valence-corrected chi connectivity index (χ4v) is 4.27. The van der Waals surface area contributed by atoms with E-state index in [1.54, 1.807) is 18.4 Å². The van der Waals surface area contributed by atoms with Gasteiger partial charge in [-0.1, -0.05) is 18.2 Å². The maximum atomic E-state index is 13.7. The summed E-state index contributed by atoms with van der Waals surface area (Å²) in [7, 11) is -0.132. The van der Waals surface area contributed by atoms with Gasteiger partial charge in [0.1, 0.15) is 10.7 Å². The van der Waals surface area contributed by atoms with Gasteiger partial charge in [-0.2, -0.15) is 0 Å². The number of likely N-dealkylation sites (N-methyl/N-ethyl adjacent to an activating group) is 1. The highest BCUT2D eigenvalue weighted by molar-refractivity contribution is 7.91. The number of halogens is 1. The number of hydrogen-bond acceptors (Lipinski definition) is 4. The Bertz CT molecular complexity index is 805. The Hall–Kier alpha value is -1.93. The second-order valence-corrected chi connectivity index (χ2v) is 8.58. The monoisotopic (exact) mass is 383 g/mol. The molecule has 2 rings (SSSR count). The first-order chi connectivity index (χ1) is 11.9. The molecule has 2 aromatic rings. The van der Waals surface area contributed by atoms with Crippen molar-refractivity contribution in [1.29, 1.82) is 0 Å². The largest absolute Gasteiger partial charge is 0.355 e. The molecule has 0 aliphatic carbocycles.